The molecule has 0 radical (unpaired) electrons. The van der Waals surface area contributed by atoms with Crippen LogP contribution in [0.2, 0.25) is 0 Å². The van der Waals surface area contributed by atoms with Gasteiger partial charge in [-0.3, -0.25) is 4.79 Å². The molecule has 4 heteroatoms. The van der Waals surface area contributed by atoms with Gasteiger partial charge in [0.15, 0.2) is 11.4 Å². The highest BCUT2D eigenvalue weighted by Gasteiger charge is 2.28. The lowest BCUT2D eigenvalue weighted by Gasteiger charge is -2.24. The van der Waals surface area contributed by atoms with Crippen LogP contribution in [0.25, 0.3) is 5.65 Å². The van der Waals surface area contributed by atoms with Crippen molar-refractivity contribution in [3.63, 3.8) is 0 Å². The number of aromatic nitrogens is 3. The summed E-state index contributed by atoms with van der Waals surface area (Å²) in [5.41, 5.74) is 4.95. The standard InChI is InChI=1S/C17H15N3O/c1-11-2-4-12(5-3-11)13-8-15-14(16(21)9-13)10-18-17-6-7-19-20(15)17/h2-7,10,13H,8-9H2,1H3. The molecule has 0 N–H and O–H groups in total. The quantitative estimate of drug-likeness (QED) is 0.687. The summed E-state index contributed by atoms with van der Waals surface area (Å²) in [6.45, 7) is 2.07. The van der Waals surface area contributed by atoms with E-state index >= 15 is 0 Å². The molecule has 1 atom stereocenters. The van der Waals surface area contributed by atoms with Gasteiger partial charge < -0.3 is 0 Å². The Balaban J connectivity index is 1.81. The van der Waals surface area contributed by atoms with E-state index < -0.39 is 0 Å². The maximum absolute atomic E-state index is 12.4. The summed E-state index contributed by atoms with van der Waals surface area (Å²) in [5, 5.41) is 4.31. The molecule has 21 heavy (non-hydrogen) atoms. The summed E-state index contributed by atoms with van der Waals surface area (Å²) in [6.07, 6.45) is 4.79. The summed E-state index contributed by atoms with van der Waals surface area (Å²) in [7, 11) is 0. The number of hydrogen-bond donors (Lipinski definition) is 0. The van der Waals surface area contributed by atoms with E-state index in [1.807, 2.05) is 6.07 Å². The van der Waals surface area contributed by atoms with Gasteiger partial charge >= 0.3 is 0 Å². The topological polar surface area (TPSA) is 47.3 Å². The molecule has 2 aromatic heterocycles. The van der Waals surface area contributed by atoms with E-state index in [1.165, 1.54) is 11.1 Å². The second-order valence-electron chi connectivity index (χ2n) is 5.66. The summed E-state index contributed by atoms with van der Waals surface area (Å²) in [4.78, 5) is 16.7. The van der Waals surface area contributed by atoms with Crippen molar-refractivity contribution >= 4 is 11.4 Å². The highest BCUT2D eigenvalue weighted by Crippen LogP contribution is 2.32. The second kappa shape index (κ2) is 4.52. The molecule has 104 valence electrons. The SMILES string of the molecule is Cc1ccc(C2CC(=O)c3cnc4ccnn4c3C2)cc1. The van der Waals surface area contributed by atoms with Crippen molar-refractivity contribution in [2.24, 2.45) is 0 Å². The molecule has 1 unspecified atom stereocenters. The van der Waals surface area contributed by atoms with Crippen LogP contribution in [-0.2, 0) is 6.42 Å². The van der Waals surface area contributed by atoms with Crippen LogP contribution in [0, 0.1) is 6.92 Å². The fourth-order valence-corrected chi connectivity index (χ4v) is 3.06. The third-order valence-corrected chi connectivity index (χ3v) is 4.24. The fourth-order valence-electron chi connectivity index (χ4n) is 3.06. The lowest BCUT2D eigenvalue weighted by molar-refractivity contribution is 0.0962. The van der Waals surface area contributed by atoms with E-state index in [-0.39, 0.29) is 11.7 Å². The van der Waals surface area contributed by atoms with Gasteiger partial charge in [-0.05, 0) is 24.8 Å². The molecule has 0 aliphatic heterocycles. The van der Waals surface area contributed by atoms with Crippen LogP contribution in [0.3, 0.4) is 0 Å². The Morgan fingerprint density at radius 2 is 1.95 bits per heavy atom. The first-order valence-electron chi connectivity index (χ1n) is 7.14. The zero-order valence-electron chi connectivity index (χ0n) is 11.8. The van der Waals surface area contributed by atoms with E-state index in [2.05, 4.69) is 41.3 Å². The Bertz CT molecular complexity index is 833. The van der Waals surface area contributed by atoms with Gasteiger partial charge in [0.25, 0.3) is 0 Å². The van der Waals surface area contributed by atoms with E-state index in [0.717, 1.165) is 23.3 Å². The van der Waals surface area contributed by atoms with Crippen molar-refractivity contribution in [1.29, 1.82) is 0 Å². The summed E-state index contributed by atoms with van der Waals surface area (Å²) in [5.74, 6) is 0.382. The minimum atomic E-state index is 0.159. The molecular weight excluding hydrogens is 262 g/mol. The van der Waals surface area contributed by atoms with Crippen LogP contribution in [-0.4, -0.2) is 20.4 Å². The van der Waals surface area contributed by atoms with Crippen molar-refractivity contribution < 1.29 is 4.79 Å². The Kier molecular flexibility index (Phi) is 2.64. The van der Waals surface area contributed by atoms with Crippen LogP contribution in [0.1, 0.15) is 39.5 Å². The van der Waals surface area contributed by atoms with Crippen LogP contribution < -0.4 is 0 Å². The second-order valence-corrected chi connectivity index (χ2v) is 5.66. The number of benzene rings is 1. The van der Waals surface area contributed by atoms with Gasteiger partial charge in [0.05, 0.1) is 17.5 Å². The molecule has 0 amide bonds. The summed E-state index contributed by atoms with van der Waals surface area (Å²) < 4.78 is 1.80. The number of Topliss-reactive ketones (excluding diaryl/α,β-unsaturated/α-hetero) is 1. The van der Waals surface area contributed by atoms with Crippen LogP contribution in [0.15, 0.2) is 42.7 Å². The molecular formula is C17H15N3O. The van der Waals surface area contributed by atoms with Gasteiger partial charge in [-0.2, -0.15) is 5.10 Å². The predicted octanol–water partition coefficient (Wildman–Crippen LogP) is 2.95. The van der Waals surface area contributed by atoms with Crippen LogP contribution in [0.5, 0.6) is 0 Å². The number of fused-ring (bicyclic) bond motifs is 3. The molecule has 0 fully saturated rings. The smallest absolute Gasteiger partial charge is 0.166 e. The van der Waals surface area contributed by atoms with Gasteiger partial charge in [-0.25, -0.2) is 9.50 Å². The minimum absolute atomic E-state index is 0.159. The number of nitrogens with zero attached hydrogens (tertiary/aromatic N) is 3. The zero-order chi connectivity index (χ0) is 14.4. The molecule has 4 nitrogen and oxygen atoms in total. The normalized spacial score (nSPS) is 18.0. The number of hydrogen-bond acceptors (Lipinski definition) is 3. The summed E-state index contributed by atoms with van der Waals surface area (Å²) in [6, 6.07) is 10.3. The molecule has 1 aromatic carbocycles. The van der Waals surface area contributed by atoms with Gasteiger partial charge in [0.1, 0.15) is 0 Å². The molecule has 0 spiro atoms. The maximum atomic E-state index is 12.4. The first-order valence-corrected chi connectivity index (χ1v) is 7.14. The van der Waals surface area contributed by atoms with E-state index in [1.54, 1.807) is 16.9 Å². The average molecular weight is 277 g/mol. The van der Waals surface area contributed by atoms with Gasteiger partial charge in [-0.15, -0.1) is 0 Å². The van der Waals surface area contributed by atoms with Gasteiger partial charge in [0, 0.05) is 18.7 Å². The molecule has 1 aliphatic rings. The van der Waals surface area contributed by atoms with Crippen molar-refractivity contribution in [3.05, 3.63) is 65.1 Å². The van der Waals surface area contributed by atoms with Gasteiger partial charge in [0.2, 0.25) is 0 Å². The summed E-state index contributed by atoms with van der Waals surface area (Å²) >= 11 is 0. The number of carbonyl (C=O) groups is 1. The molecule has 3 aromatic rings. The van der Waals surface area contributed by atoms with Crippen LogP contribution in [0.4, 0.5) is 0 Å². The first-order chi connectivity index (χ1) is 10.2. The molecule has 4 rings (SSSR count). The van der Waals surface area contributed by atoms with Crippen molar-refractivity contribution in [2.45, 2.75) is 25.7 Å². The first kappa shape index (κ1) is 12.3. The van der Waals surface area contributed by atoms with E-state index in [0.29, 0.717) is 6.42 Å². The molecule has 0 bridgehead atoms. The Hall–Kier alpha value is -2.49. The highest BCUT2D eigenvalue weighted by atomic mass is 16.1. The van der Waals surface area contributed by atoms with Gasteiger partial charge in [-0.1, -0.05) is 29.8 Å². The number of ketones is 1. The van der Waals surface area contributed by atoms with E-state index in [4.69, 9.17) is 0 Å². The van der Waals surface area contributed by atoms with Crippen molar-refractivity contribution in [3.8, 4) is 0 Å². The third-order valence-electron chi connectivity index (χ3n) is 4.24. The Labute approximate surface area is 122 Å². The monoisotopic (exact) mass is 277 g/mol. The highest BCUT2D eigenvalue weighted by molar-refractivity contribution is 5.98. The number of aryl methyl sites for hydroxylation is 1. The zero-order valence-corrected chi connectivity index (χ0v) is 11.8. The molecule has 1 aliphatic carbocycles. The lowest BCUT2D eigenvalue weighted by Crippen LogP contribution is -2.22. The van der Waals surface area contributed by atoms with Crippen molar-refractivity contribution in [1.82, 2.24) is 14.6 Å². The Morgan fingerprint density at radius 3 is 2.76 bits per heavy atom. The maximum Gasteiger partial charge on any atom is 0.166 e. The van der Waals surface area contributed by atoms with Crippen LogP contribution >= 0.6 is 0 Å². The Morgan fingerprint density at radius 1 is 1.14 bits per heavy atom. The predicted molar refractivity (Wildman–Crippen MR) is 79.6 cm³/mol. The molecule has 2 heterocycles. The lowest BCUT2D eigenvalue weighted by atomic mass is 9.82. The van der Waals surface area contributed by atoms with Crippen molar-refractivity contribution in [2.75, 3.05) is 0 Å². The number of rotatable bonds is 1. The average Bonchev–Trinajstić information content (AvgIpc) is 2.96. The minimum Gasteiger partial charge on any atom is -0.294 e. The fraction of sp³-hybridized carbons (Fsp3) is 0.235. The molecule has 0 saturated heterocycles. The van der Waals surface area contributed by atoms with E-state index in [9.17, 15) is 4.79 Å². The third kappa shape index (κ3) is 1.95. The number of carbonyl (C=O) groups excluding carboxylic acids is 1. The molecule has 0 saturated carbocycles. The largest absolute Gasteiger partial charge is 0.294 e.